The van der Waals surface area contributed by atoms with Crippen LogP contribution in [0.5, 0.6) is 0 Å². The lowest BCUT2D eigenvalue weighted by molar-refractivity contribution is 0.119. The van der Waals surface area contributed by atoms with Crippen LogP contribution in [0.3, 0.4) is 0 Å². The molecule has 3 nitrogen and oxygen atoms in total. The van der Waals surface area contributed by atoms with E-state index in [1.807, 2.05) is 6.92 Å². The Kier molecular flexibility index (Phi) is 6.25. The maximum Gasteiger partial charge on any atom is 0.0672 e. The lowest BCUT2D eigenvalue weighted by Gasteiger charge is -2.24. The van der Waals surface area contributed by atoms with E-state index in [2.05, 4.69) is 47.1 Å². The van der Waals surface area contributed by atoms with Gasteiger partial charge in [0.15, 0.2) is 0 Å². The summed E-state index contributed by atoms with van der Waals surface area (Å²) >= 11 is 0. The molecule has 1 saturated heterocycles. The van der Waals surface area contributed by atoms with Gasteiger partial charge in [0.1, 0.15) is 0 Å². The third-order valence-electron chi connectivity index (χ3n) is 3.58. The second-order valence-electron chi connectivity index (χ2n) is 5.58. The van der Waals surface area contributed by atoms with Gasteiger partial charge < -0.3 is 10.1 Å². The summed E-state index contributed by atoms with van der Waals surface area (Å²) < 4.78 is 5.62. The van der Waals surface area contributed by atoms with Crippen molar-refractivity contribution in [3.8, 4) is 0 Å². The normalized spacial score (nSPS) is 20.6. The molecule has 1 aromatic rings. The fourth-order valence-electron chi connectivity index (χ4n) is 2.54. The molecule has 1 unspecified atom stereocenters. The zero-order valence-electron chi connectivity index (χ0n) is 12.5. The van der Waals surface area contributed by atoms with Gasteiger partial charge in [-0.2, -0.15) is 0 Å². The summed E-state index contributed by atoms with van der Waals surface area (Å²) in [4.78, 5) is 2.50. The first-order chi connectivity index (χ1) is 9.75. The molecule has 0 aliphatic carbocycles. The quantitative estimate of drug-likeness (QED) is 0.637. The molecule has 110 valence electrons. The highest BCUT2D eigenvalue weighted by Crippen LogP contribution is 2.16. The Balaban J connectivity index is 1.82. The van der Waals surface area contributed by atoms with E-state index < -0.39 is 0 Å². The van der Waals surface area contributed by atoms with E-state index in [1.165, 1.54) is 12.0 Å². The maximum atomic E-state index is 5.62. The molecule has 1 aliphatic rings. The van der Waals surface area contributed by atoms with Crippen molar-refractivity contribution in [3.05, 3.63) is 48.0 Å². The van der Waals surface area contributed by atoms with E-state index in [1.54, 1.807) is 0 Å². The number of benzene rings is 1. The fraction of sp³-hybridized carbons (Fsp3) is 0.529. The maximum absolute atomic E-state index is 5.62. The number of ether oxygens (including phenoxy) is 1. The van der Waals surface area contributed by atoms with Gasteiger partial charge in [-0.25, -0.2) is 0 Å². The summed E-state index contributed by atoms with van der Waals surface area (Å²) in [6, 6.07) is 11.1. The predicted octanol–water partition coefficient (Wildman–Crippen LogP) is 2.62. The average molecular weight is 274 g/mol. The van der Waals surface area contributed by atoms with Gasteiger partial charge in [0.2, 0.25) is 0 Å². The van der Waals surface area contributed by atoms with Gasteiger partial charge in [-0.15, -0.1) is 0 Å². The predicted molar refractivity (Wildman–Crippen MR) is 83.9 cm³/mol. The molecule has 0 spiro atoms. The van der Waals surface area contributed by atoms with Crippen LogP contribution in [-0.4, -0.2) is 44.3 Å². The Morgan fingerprint density at radius 3 is 2.95 bits per heavy atom. The monoisotopic (exact) mass is 274 g/mol. The van der Waals surface area contributed by atoms with Crippen LogP contribution in [0.2, 0.25) is 0 Å². The third-order valence-corrected chi connectivity index (χ3v) is 3.58. The third kappa shape index (κ3) is 5.08. The summed E-state index contributed by atoms with van der Waals surface area (Å²) in [6.45, 7) is 11.6. The Labute approximate surface area is 122 Å². The largest absolute Gasteiger partial charge is 0.376 e. The molecule has 0 saturated carbocycles. The highest BCUT2D eigenvalue weighted by atomic mass is 16.5. The van der Waals surface area contributed by atoms with Gasteiger partial charge in [0.25, 0.3) is 0 Å². The van der Waals surface area contributed by atoms with Gasteiger partial charge in [-0.1, -0.05) is 42.5 Å². The van der Waals surface area contributed by atoms with Crippen molar-refractivity contribution >= 4 is 0 Å². The summed E-state index contributed by atoms with van der Waals surface area (Å²) in [7, 11) is 0. The second-order valence-corrected chi connectivity index (χ2v) is 5.58. The van der Waals surface area contributed by atoms with E-state index in [-0.39, 0.29) is 0 Å². The molecule has 1 atom stereocenters. The van der Waals surface area contributed by atoms with Crippen LogP contribution in [0.1, 0.15) is 24.9 Å². The van der Waals surface area contributed by atoms with Crippen LogP contribution in [0.15, 0.2) is 42.5 Å². The Hall–Kier alpha value is -1.16. The van der Waals surface area contributed by atoms with Crippen LogP contribution in [0, 0.1) is 0 Å². The summed E-state index contributed by atoms with van der Waals surface area (Å²) in [5, 5.41) is 3.64. The molecular formula is C17H26N2O. The van der Waals surface area contributed by atoms with Gasteiger partial charge >= 0.3 is 0 Å². The van der Waals surface area contributed by atoms with Gasteiger partial charge in [0.05, 0.1) is 13.2 Å². The van der Waals surface area contributed by atoms with Crippen molar-refractivity contribution in [2.24, 2.45) is 0 Å². The first-order valence-electron chi connectivity index (χ1n) is 7.48. The van der Waals surface area contributed by atoms with Crippen molar-refractivity contribution < 1.29 is 4.74 Å². The Morgan fingerprint density at radius 1 is 1.40 bits per heavy atom. The zero-order chi connectivity index (χ0) is 14.2. The summed E-state index contributed by atoms with van der Waals surface area (Å²) in [5.74, 6) is 0. The van der Waals surface area contributed by atoms with Crippen LogP contribution < -0.4 is 5.32 Å². The number of nitrogens with zero attached hydrogens (tertiary/aromatic N) is 1. The minimum atomic E-state index is 0.430. The Bertz CT molecular complexity index is 405. The van der Waals surface area contributed by atoms with Crippen molar-refractivity contribution in [2.75, 3.05) is 39.4 Å². The SMILES string of the molecule is C=C(C)COCCN1CCCNC(c2ccccc2)C1. The molecule has 1 heterocycles. The van der Waals surface area contributed by atoms with Crippen molar-refractivity contribution in [1.82, 2.24) is 10.2 Å². The van der Waals surface area contributed by atoms with E-state index in [4.69, 9.17) is 4.74 Å². The molecular weight excluding hydrogens is 248 g/mol. The highest BCUT2D eigenvalue weighted by Gasteiger charge is 2.18. The smallest absolute Gasteiger partial charge is 0.0672 e. The summed E-state index contributed by atoms with van der Waals surface area (Å²) in [6.07, 6.45) is 1.20. The fourth-order valence-corrected chi connectivity index (χ4v) is 2.54. The van der Waals surface area contributed by atoms with E-state index in [9.17, 15) is 0 Å². The van der Waals surface area contributed by atoms with E-state index >= 15 is 0 Å². The lowest BCUT2D eigenvalue weighted by atomic mass is 10.1. The first kappa shape index (κ1) is 15.2. The first-order valence-corrected chi connectivity index (χ1v) is 7.48. The average Bonchev–Trinajstić information content (AvgIpc) is 2.70. The molecule has 0 amide bonds. The number of nitrogens with one attached hydrogen (secondary N) is 1. The molecule has 3 heteroatoms. The number of hydrogen-bond donors (Lipinski definition) is 1. The van der Waals surface area contributed by atoms with Gasteiger partial charge in [0, 0.05) is 19.1 Å². The standard InChI is InChI=1S/C17H26N2O/c1-15(2)14-20-12-11-19-10-6-9-18-17(13-19)16-7-4-3-5-8-16/h3-5,7-8,17-18H,1,6,9-14H2,2H3. The van der Waals surface area contributed by atoms with Crippen LogP contribution >= 0.6 is 0 Å². The van der Waals surface area contributed by atoms with Gasteiger partial charge in [-0.05, 0) is 32.0 Å². The second kappa shape index (κ2) is 8.20. The molecule has 0 radical (unpaired) electrons. The molecule has 2 rings (SSSR count). The molecule has 0 aromatic heterocycles. The topological polar surface area (TPSA) is 24.5 Å². The molecule has 1 N–H and O–H groups in total. The number of hydrogen-bond acceptors (Lipinski definition) is 3. The van der Waals surface area contributed by atoms with Crippen LogP contribution in [0.4, 0.5) is 0 Å². The summed E-state index contributed by atoms with van der Waals surface area (Å²) in [5.41, 5.74) is 2.46. The zero-order valence-corrected chi connectivity index (χ0v) is 12.5. The lowest BCUT2D eigenvalue weighted by Crippen LogP contribution is -2.33. The molecule has 20 heavy (non-hydrogen) atoms. The van der Waals surface area contributed by atoms with Crippen molar-refractivity contribution in [1.29, 1.82) is 0 Å². The highest BCUT2D eigenvalue weighted by molar-refractivity contribution is 5.19. The Morgan fingerprint density at radius 2 is 2.20 bits per heavy atom. The molecule has 1 aliphatic heterocycles. The molecule has 0 bridgehead atoms. The van der Waals surface area contributed by atoms with E-state index in [0.29, 0.717) is 12.6 Å². The van der Waals surface area contributed by atoms with Gasteiger partial charge in [-0.3, -0.25) is 4.90 Å². The van der Waals surface area contributed by atoms with E-state index in [0.717, 1.165) is 38.4 Å². The minimum Gasteiger partial charge on any atom is -0.376 e. The van der Waals surface area contributed by atoms with Crippen molar-refractivity contribution in [3.63, 3.8) is 0 Å². The van der Waals surface area contributed by atoms with Crippen LogP contribution in [0.25, 0.3) is 0 Å². The van der Waals surface area contributed by atoms with Crippen LogP contribution in [-0.2, 0) is 4.74 Å². The minimum absolute atomic E-state index is 0.430. The number of rotatable bonds is 6. The molecule has 1 aromatic carbocycles. The van der Waals surface area contributed by atoms with Crippen molar-refractivity contribution in [2.45, 2.75) is 19.4 Å². The molecule has 1 fully saturated rings.